The van der Waals surface area contributed by atoms with Gasteiger partial charge in [0, 0.05) is 36.6 Å². The normalized spacial score (nSPS) is 18.6. The summed E-state index contributed by atoms with van der Waals surface area (Å²) >= 11 is 0. The van der Waals surface area contributed by atoms with Crippen LogP contribution in [0.25, 0.3) is 5.57 Å². The number of carbonyl (C=O) groups excluding carboxylic acids is 1. The van der Waals surface area contributed by atoms with Gasteiger partial charge in [0.1, 0.15) is 5.75 Å². The lowest BCUT2D eigenvalue weighted by Gasteiger charge is -2.36. The highest BCUT2D eigenvalue weighted by atomic mass is 28.4. The predicted molar refractivity (Wildman–Crippen MR) is 151 cm³/mol. The Kier molecular flexibility index (Phi) is 8.44. The van der Waals surface area contributed by atoms with Crippen LogP contribution in [0.4, 0.5) is 0 Å². The average Bonchev–Trinajstić information content (AvgIpc) is 3.62. The van der Waals surface area contributed by atoms with Gasteiger partial charge < -0.3 is 19.2 Å². The van der Waals surface area contributed by atoms with E-state index in [1.54, 1.807) is 7.11 Å². The number of hydrogen-bond donors (Lipinski definition) is 1. The molecule has 37 heavy (non-hydrogen) atoms. The number of rotatable bonds is 11. The van der Waals surface area contributed by atoms with Crippen LogP contribution in [0.3, 0.4) is 0 Å². The summed E-state index contributed by atoms with van der Waals surface area (Å²) in [6, 6.07) is 12.3. The van der Waals surface area contributed by atoms with Gasteiger partial charge in [0.25, 0.3) is 0 Å². The molecule has 1 atom stereocenters. The summed E-state index contributed by atoms with van der Waals surface area (Å²) in [6.07, 6.45) is 6.71. The summed E-state index contributed by atoms with van der Waals surface area (Å²) in [7, 11) is -0.0403. The van der Waals surface area contributed by atoms with Crippen molar-refractivity contribution in [2.75, 3.05) is 20.3 Å². The molecule has 1 aliphatic heterocycles. The number of nitrogens with zero attached hydrogens (tertiary/aromatic N) is 1. The van der Waals surface area contributed by atoms with Crippen molar-refractivity contribution in [3.63, 3.8) is 0 Å². The molecule has 0 spiro atoms. The van der Waals surface area contributed by atoms with Crippen molar-refractivity contribution in [1.82, 2.24) is 10.3 Å². The highest BCUT2D eigenvalue weighted by Crippen LogP contribution is 2.44. The summed E-state index contributed by atoms with van der Waals surface area (Å²) in [6.45, 7) is 12.7. The molecule has 1 amide bonds. The van der Waals surface area contributed by atoms with Gasteiger partial charge in [0.15, 0.2) is 8.32 Å². The Hall–Kier alpha value is -2.64. The number of benzene rings is 1. The molecule has 1 saturated heterocycles. The zero-order valence-corrected chi connectivity index (χ0v) is 24.2. The maximum Gasteiger partial charge on any atom is 0.220 e. The van der Waals surface area contributed by atoms with Gasteiger partial charge in [-0.3, -0.25) is 4.79 Å². The van der Waals surface area contributed by atoms with Crippen LogP contribution in [0.5, 0.6) is 11.6 Å². The van der Waals surface area contributed by atoms with Crippen LogP contribution < -0.4 is 14.8 Å². The number of nitrogens with one attached hydrogen (secondary N) is 1. The van der Waals surface area contributed by atoms with E-state index in [0.717, 1.165) is 42.0 Å². The van der Waals surface area contributed by atoms with Crippen molar-refractivity contribution in [1.29, 1.82) is 0 Å². The fraction of sp³-hybridized carbons (Fsp3) is 0.533. The lowest BCUT2D eigenvalue weighted by atomic mass is 9.98. The summed E-state index contributed by atoms with van der Waals surface area (Å²) in [4.78, 5) is 16.7. The Morgan fingerprint density at radius 1 is 1.08 bits per heavy atom. The van der Waals surface area contributed by atoms with Crippen molar-refractivity contribution in [3.05, 3.63) is 59.3 Å². The molecule has 6 nitrogen and oxygen atoms in total. The third-order valence-corrected chi connectivity index (χ3v) is 12.3. The first-order valence-electron chi connectivity index (χ1n) is 13.5. The monoisotopic (exact) mass is 522 g/mol. The molecule has 1 aliphatic carbocycles. The zero-order chi connectivity index (χ0) is 26.6. The number of ether oxygens (including phenoxy) is 2. The van der Waals surface area contributed by atoms with E-state index in [9.17, 15) is 4.79 Å². The number of amides is 1. The fourth-order valence-electron chi connectivity index (χ4n) is 4.29. The quantitative estimate of drug-likeness (QED) is 0.271. The second-order valence-corrected chi connectivity index (χ2v) is 16.5. The zero-order valence-electron chi connectivity index (χ0n) is 23.2. The van der Waals surface area contributed by atoms with Gasteiger partial charge in [-0.05, 0) is 67.1 Å². The predicted octanol–water partition coefficient (Wildman–Crippen LogP) is 6.47. The molecule has 2 aromatic rings. The molecule has 1 aromatic heterocycles. The first-order valence-corrected chi connectivity index (χ1v) is 16.4. The Labute approximate surface area is 222 Å². The van der Waals surface area contributed by atoms with E-state index in [1.807, 2.05) is 12.1 Å². The number of aromatic nitrogens is 1. The van der Waals surface area contributed by atoms with E-state index in [2.05, 4.69) is 69.5 Å². The highest BCUT2D eigenvalue weighted by molar-refractivity contribution is 6.74. The van der Waals surface area contributed by atoms with Crippen LogP contribution in [0, 0.1) is 0 Å². The van der Waals surface area contributed by atoms with Gasteiger partial charge in [-0.1, -0.05) is 45.0 Å². The largest absolute Gasteiger partial charge is 0.494 e. The average molecular weight is 523 g/mol. The van der Waals surface area contributed by atoms with Crippen LogP contribution in [0.1, 0.15) is 75.6 Å². The summed E-state index contributed by atoms with van der Waals surface area (Å²) < 4.78 is 17.9. The smallest absolute Gasteiger partial charge is 0.220 e. The minimum Gasteiger partial charge on any atom is -0.494 e. The molecular weight excluding hydrogens is 480 g/mol. The van der Waals surface area contributed by atoms with Gasteiger partial charge in [0.2, 0.25) is 11.8 Å². The first-order chi connectivity index (χ1) is 17.6. The molecule has 1 N–H and O–H groups in total. The molecule has 2 fully saturated rings. The standard InChI is InChI=1S/C30H42N2O4Si/c1-30(2,3)37(5,6)36-19-7-18-35-24-13-10-22(11-14-24)26(20-23-12-17-28(33)31-23)27-16-15-25(21-8-9-21)29(32-27)34-4/h10-11,13-16,20-21,23H,7-9,12,17-19H2,1-6H3,(H,31,33)/t23-/m1/s1. The number of hydrogen-bond acceptors (Lipinski definition) is 5. The Morgan fingerprint density at radius 2 is 1.81 bits per heavy atom. The molecule has 0 bridgehead atoms. The second kappa shape index (κ2) is 11.4. The fourth-order valence-corrected chi connectivity index (χ4v) is 5.37. The van der Waals surface area contributed by atoms with Crippen LogP contribution in [-0.2, 0) is 9.22 Å². The van der Waals surface area contributed by atoms with Crippen LogP contribution in [0.15, 0.2) is 42.5 Å². The van der Waals surface area contributed by atoms with E-state index < -0.39 is 8.32 Å². The third kappa shape index (κ3) is 7.02. The SMILES string of the molecule is COc1nc(C(=C[C@H]2CCC(=O)N2)c2ccc(OCCCO[Si](C)(C)C(C)(C)C)cc2)ccc1C1CC1. The van der Waals surface area contributed by atoms with Crippen molar-refractivity contribution < 1.29 is 18.7 Å². The number of methoxy groups -OCH3 is 1. The van der Waals surface area contributed by atoms with Gasteiger partial charge in [-0.25, -0.2) is 4.98 Å². The van der Waals surface area contributed by atoms with Crippen LogP contribution in [0.2, 0.25) is 18.1 Å². The van der Waals surface area contributed by atoms with Gasteiger partial charge in [-0.2, -0.15) is 0 Å². The van der Waals surface area contributed by atoms with E-state index in [1.165, 1.54) is 18.4 Å². The molecule has 7 heteroatoms. The topological polar surface area (TPSA) is 69.7 Å². The number of carbonyl (C=O) groups is 1. The maximum absolute atomic E-state index is 11.8. The molecule has 1 saturated carbocycles. The minimum absolute atomic E-state index is 0.00442. The van der Waals surface area contributed by atoms with E-state index >= 15 is 0 Å². The van der Waals surface area contributed by atoms with Gasteiger partial charge in [-0.15, -0.1) is 0 Å². The molecule has 0 unspecified atom stereocenters. The van der Waals surface area contributed by atoms with Crippen molar-refractivity contribution >= 4 is 19.8 Å². The van der Waals surface area contributed by atoms with Crippen LogP contribution in [-0.4, -0.2) is 45.6 Å². The molecule has 1 aromatic carbocycles. The minimum atomic E-state index is -1.72. The lowest BCUT2D eigenvalue weighted by molar-refractivity contribution is -0.119. The number of pyridine rings is 1. The lowest BCUT2D eigenvalue weighted by Crippen LogP contribution is -2.41. The molecule has 4 rings (SSSR count). The maximum atomic E-state index is 11.8. The third-order valence-electron chi connectivity index (χ3n) is 7.76. The van der Waals surface area contributed by atoms with E-state index in [4.69, 9.17) is 18.9 Å². The summed E-state index contributed by atoms with van der Waals surface area (Å²) in [5.74, 6) is 2.18. The van der Waals surface area contributed by atoms with Crippen molar-refractivity contribution in [2.45, 2.75) is 83.0 Å². The summed E-state index contributed by atoms with van der Waals surface area (Å²) in [5, 5.41) is 3.27. The molecule has 2 heterocycles. The van der Waals surface area contributed by atoms with E-state index in [-0.39, 0.29) is 17.0 Å². The Morgan fingerprint density at radius 3 is 2.41 bits per heavy atom. The van der Waals surface area contributed by atoms with Crippen LogP contribution >= 0.6 is 0 Å². The molecule has 200 valence electrons. The Bertz CT molecular complexity index is 1120. The van der Waals surface area contributed by atoms with Crippen molar-refractivity contribution in [2.24, 2.45) is 0 Å². The summed E-state index contributed by atoms with van der Waals surface area (Å²) in [5.41, 5.74) is 4.05. The van der Waals surface area contributed by atoms with Crippen molar-refractivity contribution in [3.8, 4) is 11.6 Å². The molecule has 2 aliphatic rings. The molecule has 0 radical (unpaired) electrons. The van der Waals surface area contributed by atoms with Gasteiger partial charge in [0.05, 0.1) is 19.4 Å². The second-order valence-electron chi connectivity index (χ2n) is 11.7. The molecular formula is C30H42N2O4Si. The first kappa shape index (κ1) is 27.4. The highest BCUT2D eigenvalue weighted by Gasteiger charge is 2.36. The van der Waals surface area contributed by atoms with E-state index in [0.29, 0.717) is 24.8 Å². The van der Waals surface area contributed by atoms with Gasteiger partial charge >= 0.3 is 0 Å². The Balaban J connectivity index is 1.45.